The van der Waals surface area contributed by atoms with Crippen LogP contribution in [0.4, 0.5) is 0 Å². The molecule has 222 valence electrons. The fourth-order valence-electron chi connectivity index (χ4n) is 7.33. The first-order valence-corrected chi connectivity index (χ1v) is 16.9. The highest BCUT2D eigenvalue weighted by atomic mass is 16.5. The fourth-order valence-corrected chi connectivity index (χ4v) is 7.33. The molecule has 0 N–H and O–H groups in total. The lowest BCUT2D eigenvalue weighted by atomic mass is 9.75. The van der Waals surface area contributed by atoms with Crippen molar-refractivity contribution in [2.45, 2.75) is 116 Å². The van der Waals surface area contributed by atoms with E-state index >= 15 is 0 Å². The van der Waals surface area contributed by atoms with Crippen molar-refractivity contribution in [2.75, 3.05) is 13.7 Å². The Morgan fingerprint density at radius 1 is 0.610 bits per heavy atom. The Bertz CT molecular complexity index is 1090. The van der Waals surface area contributed by atoms with Gasteiger partial charge in [-0.15, -0.1) is 0 Å². The van der Waals surface area contributed by atoms with Crippen LogP contribution in [0.25, 0.3) is 11.1 Å². The van der Waals surface area contributed by atoms with Gasteiger partial charge in [0.05, 0.1) is 0 Å². The fraction of sp³-hybridized carbons (Fsp3) is 0.550. The first-order valence-electron chi connectivity index (χ1n) is 16.9. The molecule has 0 bridgehead atoms. The van der Waals surface area contributed by atoms with E-state index in [4.69, 9.17) is 4.74 Å². The molecule has 2 saturated carbocycles. The largest absolute Gasteiger partial charge is 0.384 e. The van der Waals surface area contributed by atoms with Crippen LogP contribution in [0, 0.1) is 11.8 Å². The van der Waals surface area contributed by atoms with Crippen molar-refractivity contribution in [2.24, 2.45) is 11.8 Å². The molecule has 0 atom stereocenters. The van der Waals surface area contributed by atoms with Crippen molar-refractivity contribution in [1.82, 2.24) is 0 Å². The number of ether oxygens (including phenoxy) is 1. The van der Waals surface area contributed by atoms with E-state index < -0.39 is 0 Å². The SMILES string of the molecule is CCCCCC1CCC(c2ccccc2-c2ccc(C3CCC(COC)CC3)cc2)CC1.CCCc1ccccc1. The second kappa shape index (κ2) is 17.5. The van der Waals surface area contributed by atoms with Crippen LogP contribution in [0.5, 0.6) is 0 Å². The molecule has 41 heavy (non-hydrogen) atoms. The molecule has 0 aromatic heterocycles. The lowest BCUT2D eigenvalue weighted by Crippen LogP contribution is -2.17. The summed E-state index contributed by atoms with van der Waals surface area (Å²) in [4.78, 5) is 0. The number of hydrogen-bond acceptors (Lipinski definition) is 1. The van der Waals surface area contributed by atoms with E-state index in [1.54, 1.807) is 5.56 Å². The normalized spacial score (nSPS) is 22.5. The Hall–Kier alpha value is -2.38. The zero-order valence-electron chi connectivity index (χ0n) is 26.3. The molecule has 0 aliphatic heterocycles. The zero-order valence-corrected chi connectivity index (χ0v) is 26.3. The first-order chi connectivity index (χ1) is 20.2. The molecule has 0 saturated heterocycles. The summed E-state index contributed by atoms with van der Waals surface area (Å²) in [5.41, 5.74) is 7.45. The highest BCUT2D eigenvalue weighted by molar-refractivity contribution is 5.68. The number of methoxy groups -OCH3 is 1. The summed E-state index contributed by atoms with van der Waals surface area (Å²) in [6.07, 6.45) is 18.9. The third kappa shape index (κ3) is 9.85. The molecule has 2 aliphatic rings. The van der Waals surface area contributed by atoms with E-state index in [0.29, 0.717) is 0 Å². The second-order valence-corrected chi connectivity index (χ2v) is 12.8. The van der Waals surface area contributed by atoms with Crippen molar-refractivity contribution in [3.8, 4) is 11.1 Å². The molecule has 3 aromatic rings. The summed E-state index contributed by atoms with van der Waals surface area (Å²) in [7, 11) is 1.84. The molecule has 0 amide bonds. The minimum atomic E-state index is 0.732. The third-order valence-electron chi connectivity index (χ3n) is 9.79. The molecule has 5 rings (SSSR count). The van der Waals surface area contributed by atoms with E-state index in [1.165, 1.54) is 112 Å². The number of aryl methyl sites for hydroxylation is 1. The quantitative estimate of drug-likeness (QED) is 0.215. The van der Waals surface area contributed by atoms with Gasteiger partial charge in [-0.2, -0.15) is 0 Å². The van der Waals surface area contributed by atoms with Crippen LogP contribution < -0.4 is 0 Å². The molecule has 0 unspecified atom stereocenters. The molecular formula is C40H56O. The summed E-state index contributed by atoms with van der Waals surface area (Å²) in [5, 5.41) is 0. The number of unbranched alkanes of at least 4 members (excludes halogenated alkanes) is 2. The third-order valence-corrected chi connectivity index (χ3v) is 9.79. The Balaban J connectivity index is 0.000000367. The maximum atomic E-state index is 5.38. The molecule has 1 nitrogen and oxygen atoms in total. The van der Waals surface area contributed by atoms with Gasteiger partial charge in [0.2, 0.25) is 0 Å². The van der Waals surface area contributed by atoms with Crippen LogP contribution in [0.3, 0.4) is 0 Å². The topological polar surface area (TPSA) is 9.23 Å². The molecule has 0 heterocycles. The Morgan fingerprint density at radius 2 is 1.24 bits per heavy atom. The van der Waals surface area contributed by atoms with Gasteiger partial charge in [-0.25, -0.2) is 0 Å². The Labute approximate surface area is 252 Å². The van der Waals surface area contributed by atoms with Crippen molar-refractivity contribution < 1.29 is 4.74 Å². The van der Waals surface area contributed by atoms with Gasteiger partial charge in [0.15, 0.2) is 0 Å². The summed E-state index contributed by atoms with van der Waals surface area (Å²) >= 11 is 0. The van der Waals surface area contributed by atoms with Gasteiger partial charge in [-0.05, 0) is 109 Å². The number of hydrogen-bond donors (Lipinski definition) is 0. The zero-order chi connectivity index (χ0) is 28.7. The molecule has 3 aromatic carbocycles. The maximum Gasteiger partial charge on any atom is 0.0490 e. The highest BCUT2D eigenvalue weighted by Gasteiger charge is 2.25. The van der Waals surface area contributed by atoms with Crippen molar-refractivity contribution in [3.05, 3.63) is 95.6 Å². The van der Waals surface area contributed by atoms with Gasteiger partial charge in [0.25, 0.3) is 0 Å². The first kappa shape index (κ1) is 31.6. The van der Waals surface area contributed by atoms with Gasteiger partial charge < -0.3 is 4.74 Å². The molecule has 1 heteroatoms. The average Bonchev–Trinajstić information content (AvgIpc) is 3.03. The second-order valence-electron chi connectivity index (χ2n) is 12.8. The minimum Gasteiger partial charge on any atom is -0.384 e. The van der Waals surface area contributed by atoms with Crippen LogP contribution in [-0.2, 0) is 11.2 Å². The summed E-state index contributed by atoms with van der Waals surface area (Å²) in [5.74, 6) is 3.21. The van der Waals surface area contributed by atoms with Crippen molar-refractivity contribution >= 4 is 0 Å². The number of rotatable bonds is 11. The van der Waals surface area contributed by atoms with Crippen LogP contribution in [0.2, 0.25) is 0 Å². The van der Waals surface area contributed by atoms with Gasteiger partial charge in [-0.3, -0.25) is 0 Å². The van der Waals surface area contributed by atoms with E-state index in [9.17, 15) is 0 Å². The molecular weight excluding hydrogens is 496 g/mol. The van der Waals surface area contributed by atoms with E-state index in [-0.39, 0.29) is 0 Å². The van der Waals surface area contributed by atoms with Crippen LogP contribution in [0.15, 0.2) is 78.9 Å². The molecule has 2 fully saturated rings. The van der Waals surface area contributed by atoms with Crippen LogP contribution in [-0.4, -0.2) is 13.7 Å². The highest BCUT2D eigenvalue weighted by Crippen LogP contribution is 2.42. The maximum absolute atomic E-state index is 5.38. The average molecular weight is 553 g/mol. The van der Waals surface area contributed by atoms with Gasteiger partial charge in [-0.1, -0.05) is 125 Å². The van der Waals surface area contributed by atoms with Gasteiger partial charge in [0.1, 0.15) is 0 Å². The Kier molecular flexibility index (Phi) is 13.5. The lowest BCUT2D eigenvalue weighted by Gasteiger charge is -2.30. The van der Waals surface area contributed by atoms with Crippen molar-refractivity contribution in [3.63, 3.8) is 0 Å². The van der Waals surface area contributed by atoms with E-state index in [1.807, 2.05) is 7.11 Å². The van der Waals surface area contributed by atoms with Gasteiger partial charge >= 0.3 is 0 Å². The summed E-state index contributed by atoms with van der Waals surface area (Å²) in [6.45, 7) is 5.45. The molecule has 2 aliphatic carbocycles. The summed E-state index contributed by atoms with van der Waals surface area (Å²) in [6, 6.07) is 29.4. The van der Waals surface area contributed by atoms with E-state index in [2.05, 4.69) is 92.7 Å². The summed E-state index contributed by atoms with van der Waals surface area (Å²) < 4.78 is 5.38. The van der Waals surface area contributed by atoms with Crippen LogP contribution in [0.1, 0.15) is 126 Å². The van der Waals surface area contributed by atoms with Crippen molar-refractivity contribution in [1.29, 1.82) is 0 Å². The Morgan fingerprint density at radius 3 is 1.90 bits per heavy atom. The predicted molar refractivity (Wildman–Crippen MR) is 178 cm³/mol. The lowest BCUT2D eigenvalue weighted by molar-refractivity contribution is 0.127. The van der Waals surface area contributed by atoms with E-state index in [0.717, 1.165) is 30.3 Å². The van der Waals surface area contributed by atoms with Gasteiger partial charge in [0, 0.05) is 13.7 Å². The molecule has 0 radical (unpaired) electrons. The minimum absolute atomic E-state index is 0.732. The standard InChI is InChI=1S/C31H44O.C9H12/c1-3-4-5-8-24-11-17-28(18-12-24)30-9-6-7-10-31(30)29-21-19-27(20-22-29)26-15-13-25(14-16-26)23-32-2;1-2-6-9-7-4-3-5-8-9/h6-7,9-10,19-22,24-26,28H,3-5,8,11-18,23H2,1-2H3;3-5,7-8H,2,6H2,1H3. The number of benzene rings is 3. The smallest absolute Gasteiger partial charge is 0.0490 e. The monoisotopic (exact) mass is 552 g/mol. The molecule has 0 spiro atoms. The van der Waals surface area contributed by atoms with Crippen LogP contribution >= 0.6 is 0 Å². The predicted octanol–water partition coefficient (Wildman–Crippen LogP) is 11.8.